The number of nitrogens with zero attached hydrogens (tertiary/aromatic N) is 2. The third kappa shape index (κ3) is 4.14. The summed E-state index contributed by atoms with van der Waals surface area (Å²) in [5, 5.41) is 18.4. The van der Waals surface area contributed by atoms with Crippen LogP contribution in [0.1, 0.15) is 26.3 Å². The van der Waals surface area contributed by atoms with Crippen LogP contribution in [0.4, 0.5) is 11.4 Å². The second kappa shape index (κ2) is 6.28. The van der Waals surface area contributed by atoms with Crippen LogP contribution < -0.4 is 0 Å². The number of halogens is 2. The van der Waals surface area contributed by atoms with Gasteiger partial charge in [-0.2, -0.15) is 5.11 Å². The summed E-state index contributed by atoms with van der Waals surface area (Å²) in [4.78, 5) is 0. The molecule has 0 aliphatic rings. The van der Waals surface area contributed by atoms with Crippen molar-refractivity contribution in [3.63, 3.8) is 0 Å². The smallest absolute Gasteiger partial charge is 0.157 e. The van der Waals surface area contributed by atoms with E-state index in [4.69, 9.17) is 0 Å². The first-order valence-corrected chi connectivity index (χ1v) is 8.06. The van der Waals surface area contributed by atoms with Crippen LogP contribution in [0.2, 0.25) is 0 Å². The van der Waals surface area contributed by atoms with E-state index >= 15 is 0 Å². The van der Waals surface area contributed by atoms with Gasteiger partial charge in [0.05, 0.1) is 10.2 Å². The van der Waals surface area contributed by atoms with Crippen molar-refractivity contribution in [1.29, 1.82) is 0 Å². The van der Waals surface area contributed by atoms with Crippen LogP contribution in [-0.4, -0.2) is 5.11 Å². The Morgan fingerprint density at radius 3 is 2.14 bits per heavy atom. The van der Waals surface area contributed by atoms with Crippen LogP contribution >= 0.6 is 31.9 Å². The van der Waals surface area contributed by atoms with Gasteiger partial charge >= 0.3 is 0 Å². The highest BCUT2D eigenvalue weighted by Gasteiger charge is 2.17. The molecule has 0 aromatic heterocycles. The maximum Gasteiger partial charge on any atom is 0.157 e. The van der Waals surface area contributed by atoms with E-state index in [1.807, 2.05) is 36.4 Å². The Labute approximate surface area is 141 Å². The molecule has 1 N–H and O–H groups in total. The molecular weight excluding hydrogens is 396 g/mol. The number of rotatable bonds is 2. The lowest BCUT2D eigenvalue weighted by atomic mass is 9.87. The van der Waals surface area contributed by atoms with Crippen molar-refractivity contribution >= 4 is 43.2 Å². The highest BCUT2D eigenvalue weighted by atomic mass is 79.9. The Morgan fingerprint density at radius 2 is 1.57 bits per heavy atom. The van der Waals surface area contributed by atoms with Gasteiger partial charge < -0.3 is 5.11 Å². The molecule has 3 nitrogen and oxygen atoms in total. The monoisotopic (exact) mass is 410 g/mol. The summed E-state index contributed by atoms with van der Waals surface area (Å²) in [6.07, 6.45) is 0. The van der Waals surface area contributed by atoms with Gasteiger partial charge in [-0.1, -0.05) is 36.7 Å². The Balaban J connectivity index is 2.39. The number of benzene rings is 2. The summed E-state index contributed by atoms with van der Waals surface area (Å²) in [5.74, 6) is 0.101. The minimum atomic E-state index is -0.0297. The number of hydrogen-bond donors (Lipinski definition) is 1. The molecule has 2 aromatic carbocycles. The zero-order valence-corrected chi connectivity index (χ0v) is 15.2. The highest BCUT2D eigenvalue weighted by molar-refractivity contribution is 9.10. The third-order valence-corrected chi connectivity index (χ3v) is 4.14. The van der Waals surface area contributed by atoms with Crippen molar-refractivity contribution in [2.75, 3.05) is 0 Å². The molecule has 5 heteroatoms. The molecule has 0 bridgehead atoms. The van der Waals surface area contributed by atoms with E-state index in [-0.39, 0.29) is 11.2 Å². The van der Waals surface area contributed by atoms with Crippen LogP contribution in [-0.2, 0) is 5.41 Å². The van der Waals surface area contributed by atoms with Gasteiger partial charge in [0, 0.05) is 4.47 Å². The van der Waals surface area contributed by atoms with Gasteiger partial charge in [0.1, 0.15) is 5.69 Å². The lowest BCUT2D eigenvalue weighted by Gasteiger charge is -2.20. The first kappa shape index (κ1) is 16.2. The van der Waals surface area contributed by atoms with Crippen molar-refractivity contribution < 1.29 is 5.11 Å². The Bertz CT molecular complexity index is 674. The number of phenolic OH excluding ortho intramolecular Hbond substituents is 1. The number of phenols is 1. The molecule has 0 saturated carbocycles. The van der Waals surface area contributed by atoms with Gasteiger partial charge in [-0.15, -0.1) is 5.11 Å². The molecule has 2 rings (SSSR count). The minimum absolute atomic E-state index is 0.0297. The average Bonchev–Trinajstić information content (AvgIpc) is 2.41. The Kier molecular flexibility index (Phi) is 4.84. The van der Waals surface area contributed by atoms with Gasteiger partial charge in [-0.05, 0) is 63.3 Å². The van der Waals surface area contributed by atoms with Crippen molar-refractivity contribution in [3.05, 3.63) is 50.9 Å². The van der Waals surface area contributed by atoms with Gasteiger partial charge in [0.2, 0.25) is 0 Å². The number of aromatic hydroxyl groups is 1. The Morgan fingerprint density at radius 1 is 0.952 bits per heavy atom. The fourth-order valence-electron chi connectivity index (χ4n) is 1.71. The molecule has 0 heterocycles. The molecular formula is C16H16Br2N2O. The molecule has 0 fully saturated rings. The zero-order chi connectivity index (χ0) is 15.6. The summed E-state index contributed by atoms with van der Waals surface area (Å²) in [6.45, 7) is 6.34. The number of azo groups is 1. The van der Waals surface area contributed by atoms with Crippen LogP contribution in [0, 0.1) is 0 Å². The van der Waals surface area contributed by atoms with Gasteiger partial charge in [0.25, 0.3) is 0 Å². The van der Waals surface area contributed by atoms with E-state index in [0.29, 0.717) is 10.2 Å². The summed E-state index contributed by atoms with van der Waals surface area (Å²) >= 11 is 6.74. The lowest BCUT2D eigenvalue weighted by molar-refractivity contribution is 0.471. The van der Waals surface area contributed by atoms with E-state index < -0.39 is 0 Å². The molecule has 110 valence electrons. The molecule has 0 aliphatic carbocycles. The standard InChI is InChI=1S/C16H16Br2N2O/c1-16(2,3)10-8-13(18)15(21)14(9-10)20-19-12-6-4-11(17)5-7-12/h4-9,21H,1-3H3. The van der Waals surface area contributed by atoms with Crippen LogP contribution in [0.3, 0.4) is 0 Å². The maximum absolute atomic E-state index is 10.1. The third-order valence-electron chi connectivity index (χ3n) is 3.01. The molecule has 2 aromatic rings. The van der Waals surface area contributed by atoms with Crippen molar-refractivity contribution in [1.82, 2.24) is 0 Å². The van der Waals surface area contributed by atoms with Gasteiger partial charge in [-0.25, -0.2) is 0 Å². The highest BCUT2D eigenvalue weighted by Crippen LogP contribution is 2.39. The minimum Gasteiger partial charge on any atom is -0.505 e. The van der Waals surface area contributed by atoms with Crippen molar-refractivity contribution in [2.24, 2.45) is 10.2 Å². The molecule has 21 heavy (non-hydrogen) atoms. The number of hydrogen-bond acceptors (Lipinski definition) is 3. The fraction of sp³-hybridized carbons (Fsp3) is 0.250. The quantitative estimate of drug-likeness (QED) is 0.553. The maximum atomic E-state index is 10.1. The second-order valence-corrected chi connectivity index (χ2v) is 7.52. The molecule has 0 amide bonds. The summed E-state index contributed by atoms with van der Waals surface area (Å²) in [5.41, 5.74) is 2.24. The molecule has 0 aliphatic heterocycles. The topological polar surface area (TPSA) is 45.0 Å². The van der Waals surface area contributed by atoms with E-state index in [1.165, 1.54) is 0 Å². The fourth-order valence-corrected chi connectivity index (χ4v) is 2.43. The summed E-state index contributed by atoms with van der Waals surface area (Å²) in [7, 11) is 0. The average molecular weight is 412 g/mol. The first-order valence-electron chi connectivity index (χ1n) is 6.47. The van der Waals surface area contributed by atoms with Crippen molar-refractivity contribution in [2.45, 2.75) is 26.2 Å². The Hall–Kier alpha value is -1.20. The SMILES string of the molecule is CC(C)(C)c1cc(Br)c(O)c(N=Nc2ccc(Br)cc2)c1. The van der Waals surface area contributed by atoms with E-state index in [9.17, 15) is 5.11 Å². The zero-order valence-electron chi connectivity index (χ0n) is 12.1. The van der Waals surface area contributed by atoms with Gasteiger partial charge in [0.15, 0.2) is 5.75 Å². The van der Waals surface area contributed by atoms with Crippen molar-refractivity contribution in [3.8, 4) is 5.75 Å². The molecule has 0 spiro atoms. The van der Waals surface area contributed by atoms with E-state index in [0.717, 1.165) is 15.7 Å². The molecule has 0 radical (unpaired) electrons. The molecule has 0 saturated heterocycles. The largest absolute Gasteiger partial charge is 0.505 e. The predicted octanol–water partition coefficient (Wildman–Crippen LogP) is 6.63. The first-order chi connectivity index (χ1) is 9.77. The normalized spacial score (nSPS) is 12.0. The van der Waals surface area contributed by atoms with E-state index in [1.54, 1.807) is 0 Å². The van der Waals surface area contributed by atoms with Crippen LogP contribution in [0.25, 0.3) is 0 Å². The van der Waals surface area contributed by atoms with Gasteiger partial charge in [-0.3, -0.25) is 0 Å². The second-order valence-electron chi connectivity index (χ2n) is 5.75. The lowest BCUT2D eigenvalue weighted by Crippen LogP contribution is -2.10. The van der Waals surface area contributed by atoms with Crippen LogP contribution in [0.15, 0.2) is 55.6 Å². The molecule has 0 unspecified atom stereocenters. The predicted molar refractivity (Wildman–Crippen MR) is 92.8 cm³/mol. The summed E-state index contributed by atoms with van der Waals surface area (Å²) in [6, 6.07) is 11.3. The summed E-state index contributed by atoms with van der Waals surface area (Å²) < 4.78 is 1.61. The molecule has 0 atom stereocenters. The van der Waals surface area contributed by atoms with E-state index in [2.05, 4.69) is 62.9 Å². The van der Waals surface area contributed by atoms with Crippen LogP contribution in [0.5, 0.6) is 5.75 Å².